The number of hydrogen-bond acceptors (Lipinski definition) is 1. The van der Waals surface area contributed by atoms with E-state index in [2.05, 4.69) is 0 Å². The second-order valence-corrected chi connectivity index (χ2v) is 3.55. The predicted molar refractivity (Wildman–Crippen MR) is 60.6 cm³/mol. The highest BCUT2D eigenvalue weighted by Gasteiger charge is 2.01. The van der Waals surface area contributed by atoms with Gasteiger partial charge in [0, 0.05) is 18.4 Å². The van der Waals surface area contributed by atoms with Crippen molar-refractivity contribution >= 4 is 34.0 Å². The Hall–Kier alpha value is -0.790. The molecule has 0 heterocycles. The predicted octanol–water partition coefficient (Wildman–Crippen LogP) is 3.46. The monoisotopic (exact) mass is 228 g/mol. The van der Waals surface area contributed by atoms with Crippen molar-refractivity contribution in [2.75, 3.05) is 5.88 Å². The third-order valence-electron chi connectivity index (χ3n) is 1.68. The number of alkyl halides is 1. The molecule has 0 N–H and O–H groups in total. The molecule has 1 aromatic carbocycles. The average molecular weight is 229 g/mol. The number of ketones is 1. The minimum atomic E-state index is -0.0474. The van der Waals surface area contributed by atoms with E-state index in [-0.39, 0.29) is 5.78 Å². The Morgan fingerprint density at radius 2 is 1.93 bits per heavy atom. The first kappa shape index (κ1) is 11.3. The molecule has 0 aliphatic carbocycles. The summed E-state index contributed by atoms with van der Waals surface area (Å²) >= 11 is 11.4. The lowest BCUT2D eigenvalue weighted by molar-refractivity contribution is -0.114. The average Bonchev–Trinajstić information content (AvgIpc) is 2.19. The van der Waals surface area contributed by atoms with E-state index in [1.807, 2.05) is 30.3 Å². The van der Waals surface area contributed by atoms with E-state index in [0.29, 0.717) is 17.3 Å². The molecule has 0 spiro atoms. The minimum Gasteiger partial charge on any atom is -0.295 e. The number of allylic oxidation sites excluding steroid dienone is 1. The van der Waals surface area contributed by atoms with Crippen LogP contribution in [-0.4, -0.2) is 11.7 Å². The Bertz CT molecular complexity index is 330. The summed E-state index contributed by atoms with van der Waals surface area (Å²) < 4.78 is 0. The molecule has 0 radical (unpaired) electrons. The molecule has 0 amide bonds. The number of halogens is 2. The zero-order valence-corrected chi connectivity index (χ0v) is 9.05. The Kier molecular flexibility index (Phi) is 4.71. The summed E-state index contributed by atoms with van der Waals surface area (Å²) in [6, 6.07) is 9.35. The summed E-state index contributed by atoms with van der Waals surface area (Å²) in [5.41, 5.74) is 0.845. The molecule has 0 atom stereocenters. The highest BCUT2D eigenvalue weighted by atomic mass is 35.5. The molecule has 0 bridgehead atoms. The molecule has 1 aromatic rings. The van der Waals surface area contributed by atoms with Crippen LogP contribution in [0.15, 0.2) is 36.4 Å². The molecule has 1 nitrogen and oxygen atoms in total. The molecule has 0 unspecified atom stereocenters. The molecule has 1 rings (SSSR count). The largest absolute Gasteiger partial charge is 0.295 e. The van der Waals surface area contributed by atoms with Gasteiger partial charge in [-0.3, -0.25) is 4.79 Å². The minimum absolute atomic E-state index is 0.0474. The second-order valence-electron chi connectivity index (χ2n) is 2.76. The van der Waals surface area contributed by atoms with Crippen molar-refractivity contribution in [1.29, 1.82) is 0 Å². The fourth-order valence-electron chi connectivity index (χ4n) is 0.987. The number of rotatable bonds is 4. The molecule has 0 aliphatic heterocycles. The van der Waals surface area contributed by atoms with Crippen LogP contribution in [0.3, 0.4) is 0 Å². The maximum absolute atomic E-state index is 11.2. The van der Waals surface area contributed by atoms with Gasteiger partial charge >= 0.3 is 0 Å². The van der Waals surface area contributed by atoms with Crippen LogP contribution >= 0.6 is 23.2 Å². The van der Waals surface area contributed by atoms with Crippen LogP contribution in [0.4, 0.5) is 0 Å². The highest BCUT2D eigenvalue weighted by molar-refractivity contribution is 6.50. The zero-order valence-electron chi connectivity index (χ0n) is 7.54. The van der Waals surface area contributed by atoms with Gasteiger partial charge in [0.25, 0.3) is 0 Å². The maximum Gasteiger partial charge on any atom is 0.158 e. The Labute approximate surface area is 93.3 Å². The van der Waals surface area contributed by atoms with E-state index in [1.54, 1.807) is 0 Å². The van der Waals surface area contributed by atoms with Crippen molar-refractivity contribution in [2.24, 2.45) is 0 Å². The topological polar surface area (TPSA) is 17.1 Å². The van der Waals surface area contributed by atoms with Crippen molar-refractivity contribution in [3.8, 4) is 0 Å². The van der Waals surface area contributed by atoms with Crippen LogP contribution in [0.5, 0.6) is 0 Å². The van der Waals surface area contributed by atoms with Crippen LogP contribution in [0.1, 0.15) is 12.0 Å². The van der Waals surface area contributed by atoms with Gasteiger partial charge in [-0.1, -0.05) is 41.9 Å². The smallest absolute Gasteiger partial charge is 0.158 e. The molecule has 0 saturated carbocycles. The standard InChI is InChI=1S/C11H10Cl2O/c12-7-6-10(14)8-11(13)9-4-2-1-3-5-9/h1-5,8H,6-7H2/b11-8-. The summed E-state index contributed by atoms with van der Waals surface area (Å²) in [7, 11) is 0. The molecule has 0 fully saturated rings. The van der Waals surface area contributed by atoms with Gasteiger partial charge in [0.05, 0.1) is 5.03 Å². The van der Waals surface area contributed by atoms with Crippen LogP contribution in [-0.2, 0) is 4.79 Å². The first-order valence-electron chi connectivity index (χ1n) is 4.25. The van der Waals surface area contributed by atoms with Gasteiger partial charge in [0.2, 0.25) is 0 Å². The van der Waals surface area contributed by atoms with Gasteiger partial charge in [0.15, 0.2) is 5.78 Å². The Balaban J connectivity index is 2.75. The first-order chi connectivity index (χ1) is 6.74. The summed E-state index contributed by atoms with van der Waals surface area (Å²) in [6.45, 7) is 0. The SMILES string of the molecule is O=C(/C=C(\Cl)c1ccccc1)CCCl. The van der Waals surface area contributed by atoms with Crippen LogP contribution < -0.4 is 0 Å². The van der Waals surface area contributed by atoms with Gasteiger partial charge < -0.3 is 0 Å². The van der Waals surface area contributed by atoms with E-state index in [1.165, 1.54) is 6.08 Å². The highest BCUT2D eigenvalue weighted by Crippen LogP contribution is 2.18. The van der Waals surface area contributed by atoms with E-state index >= 15 is 0 Å². The van der Waals surface area contributed by atoms with E-state index in [9.17, 15) is 4.79 Å². The molecule has 14 heavy (non-hydrogen) atoms. The summed E-state index contributed by atoms with van der Waals surface area (Å²) in [5, 5.41) is 0.459. The van der Waals surface area contributed by atoms with E-state index < -0.39 is 0 Å². The van der Waals surface area contributed by atoms with Gasteiger partial charge in [-0.15, -0.1) is 11.6 Å². The number of carbonyl (C=O) groups excluding carboxylic acids is 1. The normalized spacial score (nSPS) is 11.4. The van der Waals surface area contributed by atoms with Crippen molar-refractivity contribution in [2.45, 2.75) is 6.42 Å². The van der Waals surface area contributed by atoms with E-state index in [0.717, 1.165) is 5.56 Å². The summed E-state index contributed by atoms with van der Waals surface area (Å²) in [4.78, 5) is 11.2. The molecular formula is C11H10Cl2O. The molecule has 3 heteroatoms. The molecule has 0 aromatic heterocycles. The lowest BCUT2D eigenvalue weighted by Crippen LogP contribution is -1.93. The Morgan fingerprint density at radius 3 is 2.50 bits per heavy atom. The molecule has 0 aliphatic rings. The molecule has 0 saturated heterocycles. The maximum atomic E-state index is 11.2. The quantitative estimate of drug-likeness (QED) is 0.570. The fraction of sp³-hybridized carbons (Fsp3) is 0.182. The second kappa shape index (κ2) is 5.84. The summed E-state index contributed by atoms with van der Waals surface area (Å²) in [6.07, 6.45) is 1.74. The van der Waals surface area contributed by atoms with Gasteiger partial charge in [0.1, 0.15) is 0 Å². The fourth-order valence-corrected chi connectivity index (χ4v) is 1.42. The van der Waals surface area contributed by atoms with Crippen LogP contribution in [0.2, 0.25) is 0 Å². The van der Waals surface area contributed by atoms with Crippen LogP contribution in [0.25, 0.3) is 5.03 Å². The number of carbonyl (C=O) groups is 1. The van der Waals surface area contributed by atoms with E-state index in [4.69, 9.17) is 23.2 Å². The number of benzene rings is 1. The first-order valence-corrected chi connectivity index (χ1v) is 5.16. The van der Waals surface area contributed by atoms with Gasteiger partial charge in [-0.05, 0) is 5.56 Å². The van der Waals surface area contributed by atoms with Crippen LogP contribution in [0, 0.1) is 0 Å². The molecular weight excluding hydrogens is 219 g/mol. The zero-order chi connectivity index (χ0) is 10.4. The summed E-state index contributed by atoms with van der Waals surface area (Å²) in [5.74, 6) is 0.280. The molecule has 74 valence electrons. The lowest BCUT2D eigenvalue weighted by Gasteiger charge is -1.97. The van der Waals surface area contributed by atoms with Gasteiger partial charge in [-0.25, -0.2) is 0 Å². The third-order valence-corrected chi connectivity index (χ3v) is 2.19. The van der Waals surface area contributed by atoms with Crippen molar-refractivity contribution in [1.82, 2.24) is 0 Å². The Morgan fingerprint density at radius 1 is 1.29 bits per heavy atom. The lowest BCUT2D eigenvalue weighted by atomic mass is 10.2. The van der Waals surface area contributed by atoms with Crippen molar-refractivity contribution in [3.05, 3.63) is 42.0 Å². The van der Waals surface area contributed by atoms with Gasteiger partial charge in [-0.2, -0.15) is 0 Å². The van der Waals surface area contributed by atoms with Crippen molar-refractivity contribution < 1.29 is 4.79 Å². The van der Waals surface area contributed by atoms with Crippen molar-refractivity contribution in [3.63, 3.8) is 0 Å². The third kappa shape index (κ3) is 3.52. The number of hydrogen-bond donors (Lipinski definition) is 0.